The summed E-state index contributed by atoms with van der Waals surface area (Å²) in [6, 6.07) is 0. The molecule has 0 rings (SSSR count). The van der Waals surface area contributed by atoms with Crippen LogP contribution in [0.5, 0.6) is 0 Å². The zero-order valence-corrected chi connectivity index (χ0v) is 9.36. The van der Waals surface area contributed by atoms with Gasteiger partial charge in [-0.1, -0.05) is 0 Å². The lowest BCUT2D eigenvalue weighted by molar-refractivity contribution is -0.137. The maximum atomic E-state index is 11.0. The number of rotatable bonds is 3. The minimum absolute atomic E-state index is 0.341. The summed E-state index contributed by atoms with van der Waals surface area (Å²) in [6.07, 6.45) is -0.755. The van der Waals surface area contributed by atoms with Gasteiger partial charge in [-0.2, -0.15) is 5.48 Å². The standard InChI is InChI=1S/C8H17N3O4/c1-8(2,3)15-7(13)10-14-5-6(12)11(4)9/h5,9H2,1-4H3,(H,10,13). The molecule has 7 nitrogen and oxygen atoms in total. The number of hydrogen-bond donors (Lipinski definition) is 2. The number of hydrazine groups is 1. The zero-order valence-electron chi connectivity index (χ0n) is 9.36. The number of likely N-dealkylation sites (N-methyl/N-ethyl adjacent to an activating group) is 1. The van der Waals surface area contributed by atoms with Crippen LogP contribution < -0.4 is 11.3 Å². The van der Waals surface area contributed by atoms with Crippen molar-refractivity contribution in [3.8, 4) is 0 Å². The fraction of sp³-hybridized carbons (Fsp3) is 0.750. The Morgan fingerprint density at radius 3 is 2.33 bits per heavy atom. The molecule has 0 aliphatic carbocycles. The first kappa shape index (κ1) is 13.7. The van der Waals surface area contributed by atoms with E-state index in [0.29, 0.717) is 0 Å². The van der Waals surface area contributed by atoms with E-state index in [1.165, 1.54) is 7.05 Å². The summed E-state index contributed by atoms with van der Waals surface area (Å²) >= 11 is 0. The van der Waals surface area contributed by atoms with Crippen LogP contribution in [0.4, 0.5) is 4.79 Å². The van der Waals surface area contributed by atoms with Gasteiger partial charge in [0.1, 0.15) is 5.60 Å². The Morgan fingerprint density at radius 1 is 1.40 bits per heavy atom. The highest BCUT2D eigenvalue weighted by Crippen LogP contribution is 2.06. The maximum absolute atomic E-state index is 11.0. The van der Waals surface area contributed by atoms with Crippen LogP contribution in [-0.4, -0.2) is 36.3 Å². The molecule has 0 aromatic heterocycles. The van der Waals surface area contributed by atoms with Crippen molar-refractivity contribution in [2.45, 2.75) is 26.4 Å². The number of hydrogen-bond acceptors (Lipinski definition) is 5. The van der Waals surface area contributed by atoms with Crippen molar-refractivity contribution in [1.82, 2.24) is 10.5 Å². The molecule has 7 heteroatoms. The molecule has 88 valence electrons. The Balaban J connectivity index is 3.70. The van der Waals surface area contributed by atoms with E-state index >= 15 is 0 Å². The summed E-state index contributed by atoms with van der Waals surface area (Å²) < 4.78 is 4.85. The number of carbonyl (C=O) groups is 2. The van der Waals surface area contributed by atoms with Crippen LogP contribution in [0.2, 0.25) is 0 Å². The molecule has 0 radical (unpaired) electrons. The number of nitrogens with one attached hydrogen (secondary N) is 1. The summed E-state index contributed by atoms with van der Waals surface area (Å²) in [4.78, 5) is 26.5. The third kappa shape index (κ3) is 7.71. The molecule has 0 aromatic carbocycles. The predicted molar refractivity (Wildman–Crippen MR) is 52.3 cm³/mol. The van der Waals surface area contributed by atoms with Gasteiger partial charge in [0.25, 0.3) is 5.91 Å². The molecular weight excluding hydrogens is 202 g/mol. The molecule has 0 spiro atoms. The fourth-order valence-electron chi connectivity index (χ4n) is 0.557. The molecule has 0 saturated heterocycles. The van der Waals surface area contributed by atoms with Gasteiger partial charge < -0.3 is 4.74 Å². The van der Waals surface area contributed by atoms with Gasteiger partial charge in [0.05, 0.1) is 0 Å². The van der Waals surface area contributed by atoms with Gasteiger partial charge >= 0.3 is 6.09 Å². The molecule has 0 fully saturated rings. The molecule has 15 heavy (non-hydrogen) atoms. The van der Waals surface area contributed by atoms with Gasteiger partial charge in [-0.25, -0.2) is 10.6 Å². The normalized spacial score (nSPS) is 10.7. The molecule has 0 atom stereocenters. The van der Waals surface area contributed by atoms with E-state index < -0.39 is 17.6 Å². The molecule has 0 aromatic rings. The average molecular weight is 219 g/mol. The monoisotopic (exact) mass is 219 g/mol. The van der Waals surface area contributed by atoms with Crippen molar-refractivity contribution in [3.05, 3.63) is 0 Å². The first-order valence-corrected chi connectivity index (χ1v) is 4.34. The molecule has 0 heterocycles. The smallest absolute Gasteiger partial charge is 0.431 e. The van der Waals surface area contributed by atoms with Crippen molar-refractivity contribution >= 4 is 12.0 Å². The number of hydroxylamine groups is 1. The van der Waals surface area contributed by atoms with Crippen LogP contribution in [0.15, 0.2) is 0 Å². The van der Waals surface area contributed by atoms with Gasteiger partial charge in [0, 0.05) is 7.05 Å². The van der Waals surface area contributed by atoms with Crippen LogP contribution in [0.25, 0.3) is 0 Å². The van der Waals surface area contributed by atoms with E-state index in [-0.39, 0.29) is 6.61 Å². The SMILES string of the molecule is CN(N)C(=O)CONC(=O)OC(C)(C)C. The van der Waals surface area contributed by atoms with E-state index in [1.54, 1.807) is 20.8 Å². The lowest BCUT2D eigenvalue weighted by Gasteiger charge is -2.19. The van der Waals surface area contributed by atoms with E-state index in [9.17, 15) is 9.59 Å². The molecular formula is C8H17N3O4. The Morgan fingerprint density at radius 2 is 1.93 bits per heavy atom. The van der Waals surface area contributed by atoms with Crippen molar-refractivity contribution in [1.29, 1.82) is 0 Å². The molecule has 0 saturated carbocycles. The first-order valence-electron chi connectivity index (χ1n) is 4.34. The second-order valence-electron chi connectivity index (χ2n) is 3.90. The molecule has 0 unspecified atom stereocenters. The Kier molecular flexibility index (Phi) is 5.03. The largest absolute Gasteiger partial charge is 0.442 e. The van der Waals surface area contributed by atoms with Crippen molar-refractivity contribution in [3.63, 3.8) is 0 Å². The molecule has 0 aliphatic heterocycles. The summed E-state index contributed by atoms with van der Waals surface area (Å²) in [6.45, 7) is 4.80. The van der Waals surface area contributed by atoms with Crippen LogP contribution in [0.3, 0.4) is 0 Å². The van der Waals surface area contributed by atoms with Gasteiger partial charge in [0.2, 0.25) is 0 Å². The molecule has 0 aliphatic rings. The van der Waals surface area contributed by atoms with Gasteiger partial charge in [-0.15, -0.1) is 0 Å². The second-order valence-corrected chi connectivity index (χ2v) is 3.90. The number of carbonyl (C=O) groups excluding carboxylic acids is 2. The molecule has 3 N–H and O–H groups in total. The number of ether oxygens (including phenoxy) is 1. The Hall–Kier alpha value is -1.34. The highest BCUT2D eigenvalue weighted by atomic mass is 16.7. The van der Waals surface area contributed by atoms with E-state index in [0.717, 1.165) is 5.01 Å². The van der Waals surface area contributed by atoms with Crippen LogP contribution in [0, 0.1) is 0 Å². The molecule has 2 amide bonds. The minimum Gasteiger partial charge on any atom is -0.442 e. The van der Waals surface area contributed by atoms with Crippen molar-refractivity contribution < 1.29 is 19.2 Å². The Labute approximate surface area is 88.4 Å². The lowest BCUT2D eigenvalue weighted by atomic mass is 10.2. The molecule has 0 bridgehead atoms. The fourth-order valence-corrected chi connectivity index (χ4v) is 0.557. The maximum Gasteiger partial charge on any atom is 0.431 e. The van der Waals surface area contributed by atoms with E-state index in [4.69, 9.17) is 10.6 Å². The third-order valence-corrected chi connectivity index (χ3v) is 1.14. The van der Waals surface area contributed by atoms with E-state index in [1.807, 2.05) is 5.48 Å². The van der Waals surface area contributed by atoms with Gasteiger partial charge in [-0.3, -0.25) is 14.6 Å². The average Bonchev–Trinajstić information content (AvgIpc) is 2.00. The second kappa shape index (κ2) is 5.52. The van der Waals surface area contributed by atoms with Crippen molar-refractivity contribution in [2.75, 3.05) is 13.7 Å². The van der Waals surface area contributed by atoms with Crippen LogP contribution in [0.1, 0.15) is 20.8 Å². The summed E-state index contributed by atoms with van der Waals surface area (Å²) in [5, 5.41) is 0.858. The zero-order chi connectivity index (χ0) is 12.1. The summed E-state index contributed by atoms with van der Waals surface area (Å²) in [5.41, 5.74) is 1.35. The number of nitrogens with zero attached hydrogens (tertiary/aromatic N) is 1. The van der Waals surface area contributed by atoms with Crippen LogP contribution >= 0.6 is 0 Å². The Bertz CT molecular complexity index is 235. The van der Waals surface area contributed by atoms with Gasteiger partial charge in [-0.05, 0) is 20.8 Å². The third-order valence-electron chi connectivity index (χ3n) is 1.14. The number of nitrogens with two attached hydrogens (primary N) is 1. The minimum atomic E-state index is -0.755. The van der Waals surface area contributed by atoms with Crippen molar-refractivity contribution in [2.24, 2.45) is 5.84 Å². The predicted octanol–water partition coefficient (Wildman–Crippen LogP) is -0.225. The van der Waals surface area contributed by atoms with E-state index in [2.05, 4.69) is 4.84 Å². The van der Waals surface area contributed by atoms with Gasteiger partial charge in [0.15, 0.2) is 6.61 Å². The lowest BCUT2D eigenvalue weighted by Crippen LogP contribution is -2.39. The topological polar surface area (TPSA) is 93.9 Å². The summed E-state index contributed by atoms with van der Waals surface area (Å²) in [7, 11) is 1.37. The quantitative estimate of drug-likeness (QED) is 0.388. The first-order chi connectivity index (χ1) is 6.72. The van der Waals surface area contributed by atoms with Crippen LogP contribution in [-0.2, 0) is 14.4 Å². The highest BCUT2D eigenvalue weighted by molar-refractivity contribution is 5.76. The number of amides is 2. The summed E-state index contributed by atoms with van der Waals surface area (Å²) in [5.74, 6) is 4.65. The highest BCUT2D eigenvalue weighted by Gasteiger charge is 2.16.